The summed E-state index contributed by atoms with van der Waals surface area (Å²) in [5, 5.41) is 14.7. The van der Waals surface area contributed by atoms with E-state index in [4.69, 9.17) is 9.84 Å². The van der Waals surface area contributed by atoms with E-state index in [9.17, 15) is 14.4 Å². The zero-order chi connectivity index (χ0) is 23.4. The quantitative estimate of drug-likeness (QED) is 0.503. The Bertz CT molecular complexity index is 1000. The van der Waals surface area contributed by atoms with Gasteiger partial charge in [0, 0.05) is 18.4 Å². The Morgan fingerprint density at radius 3 is 2.21 bits per heavy atom. The lowest BCUT2D eigenvalue weighted by Gasteiger charge is -2.21. The highest BCUT2D eigenvalue weighted by Crippen LogP contribution is 2.44. The fraction of sp³-hybridized carbons (Fsp3) is 0.423. The zero-order valence-electron chi connectivity index (χ0n) is 18.8. The third kappa shape index (κ3) is 5.35. The molecule has 4 rings (SSSR count). The SMILES string of the molecule is CCCC(CC(=O)NC1(CC(=O)O)CC1)NC(=O)OCC1c2ccccc2-c2ccccc21. The van der Waals surface area contributed by atoms with Crippen molar-refractivity contribution in [2.45, 2.75) is 62.9 Å². The van der Waals surface area contributed by atoms with Crippen LogP contribution < -0.4 is 10.6 Å². The molecule has 2 aliphatic rings. The predicted molar refractivity (Wildman–Crippen MR) is 124 cm³/mol. The van der Waals surface area contributed by atoms with E-state index >= 15 is 0 Å². The van der Waals surface area contributed by atoms with Gasteiger partial charge in [-0.1, -0.05) is 61.9 Å². The maximum atomic E-state index is 12.6. The number of amides is 2. The Morgan fingerprint density at radius 1 is 1.06 bits per heavy atom. The van der Waals surface area contributed by atoms with Gasteiger partial charge in [0.25, 0.3) is 0 Å². The second-order valence-electron chi connectivity index (χ2n) is 9.06. The van der Waals surface area contributed by atoms with Gasteiger partial charge in [0.05, 0.1) is 12.0 Å². The number of aliphatic carboxylic acids is 1. The van der Waals surface area contributed by atoms with Crippen LogP contribution in [0.5, 0.6) is 0 Å². The van der Waals surface area contributed by atoms with Gasteiger partial charge >= 0.3 is 12.1 Å². The number of alkyl carbamates (subject to hydrolysis) is 1. The van der Waals surface area contributed by atoms with E-state index in [1.165, 1.54) is 0 Å². The summed E-state index contributed by atoms with van der Waals surface area (Å²) in [6, 6.07) is 15.9. The molecule has 7 heteroatoms. The van der Waals surface area contributed by atoms with E-state index < -0.39 is 17.6 Å². The van der Waals surface area contributed by atoms with Crippen LogP contribution in [-0.2, 0) is 14.3 Å². The highest BCUT2D eigenvalue weighted by Gasteiger charge is 2.45. The van der Waals surface area contributed by atoms with Gasteiger partial charge in [-0.3, -0.25) is 9.59 Å². The molecule has 0 aromatic heterocycles. The number of fused-ring (bicyclic) bond motifs is 3. The molecule has 1 atom stereocenters. The Morgan fingerprint density at radius 2 is 1.67 bits per heavy atom. The fourth-order valence-electron chi connectivity index (χ4n) is 4.74. The molecule has 0 radical (unpaired) electrons. The first-order valence-electron chi connectivity index (χ1n) is 11.5. The first-order valence-corrected chi connectivity index (χ1v) is 11.5. The van der Waals surface area contributed by atoms with E-state index in [1.54, 1.807) is 0 Å². The van der Waals surface area contributed by atoms with Crippen LogP contribution in [0.15, 0.2) is 48.5 Å². The van der Waals surface area contributed by atoms with Crippen LogP contribution >= 0.6 is 0 Å². The monoisotopic (exact) mass is 450 g/mol. The summed E-state index contributed by atoms with van der Waals surface area (Å²) < 4.78 is 5.60. The normalized spacial score (nSPS) is 16.3. The van der Waals surface area contributed by atoms with Crippen LogP contribution in [0.25, 0.3) is 11.1 Å². The molecule has 2 aromatic carbocycles. The summed E-state index contributed by atoms with van der Waals surface area (Å²) in [5.41, 5.74) is 3.99. The number of ether oxygens (including phenoxy) is 1. The largest absolute Gasteiger partial charge is 0.481 e. The van der Waals surface area contributed by atoms with Crippen LogP contribution in [0.4, 0.5) is 4.79 Å². The maximum absolute atomic E-state index is 12.6. The molecule has 0 saturated heterocycles. The molecule has 0 aliphatic heterocycles. The standard InChI is InChI=1S/C26H30N2O5/c1-2-7-17(14-23(29)28-26(12-13-26)15-24(30)31)27-25(32)33-16-22-20-10-5-3-8-18(20)19-9-4-6-11-21(19)22/h3-6,8-11,17,22H,2,7,12-16H2,1H3,(H,27,32)(H,28,29)(H,30,31). The van der Waals surface area contributed by atoms with E-state index in [0.29, 0.717) is 19.3 Å². The Kier molecular flexibility index (Phi) is 6.67. The molecular weight excluding hydrogens is 420 g/mol. The molecule has 174 valence electrons. The summed E-state index contributed by atoms with van der Waals surface area (Å²) in [6.07, 6.45) is 2.24. The molecule has 1 fully saturated rings. The lowest BCUT2D eigenvalue weighted by molar-refractivity contribution is -0.138. The van der Waals surface area contributed by atoms with Crippen LogP contribution in [0.3, 0.4) is 0 Å². The van der Waals surface area contributed by atoms with E-state index in [2.05, 4.69) is 34.9 Å². The first kappa shape index (κ1) is 22.8. The molecule has 0 bridgehead atoms. The predicted octanol–water partition coefficient (Wildman–Crippen LogP) is 4.21. The molecule has 7 nitrogen and oxygen atoms in total. The van der Waals surface area contributed by atoms with Gasteiger partial charge in [-0.25, -0.2) is 4.79 Å². The lowest BCUT2D eigenvalue weighted by Crippen LogP contribution is -2.44. The third-order valence-electron chi connectivity index (χ3n) is 6.48. The molecular formula is C26H30N2O5. The Labute approximate surface area is 193 Å². The minimum absolute atomic E-state index is 0.0261. The smallest absolute Gasteiger partial charge is 0.407 e. The highest BCUT2D eigenvalue weighted by molar-refractivity contribution is 5.81. The number of benzene rings is 2. The summed E-state index contributed by atoms with van der Waals surface area (Å²) in [5.74, 6) is -1.19. The second-order valence-corrected chi connectivity index (χ2v) is 9.06. The van der Waals surface area contributed by atoms with Crippen molar-refractivity contribution in [3.63, 3.8) is 0 Å². The van der Waals surface area contributed by atoms with Crippen LogP contribution in [-0.4, -0.2) is 41.3 Å². The highest BCUT2D eigenvalue weighted by atomic mass is 16.5. The lowest BCUT2D eigenvalue weighted by atomic mass is 9.98. The molecule has 1 saturated carbocycles. The number of hydrogen-bond donors (Lipinski definition) is 3. The molecule has 3 N–H and O–H groups in total. The van der Waals surface area contributed by atoms with Crippen LogP contribution in [0.2, 0.25) is 0 Å². The number of carboxylic acids is 1. The van der Waals surface area contributed by atoms with Gasteiger partial charge < -0.3 is 20.5 Å². The summed E-state index contributed by atoms with van der Waals surface area (Å²) >= 11 is 0. The van der Waals surface area contributed by atoms with Crippen molar-refractivity contribution in [2.24, 2.45) is 0 Å². The Balaban J connectivity index is 1.33. The van der Waals surface area contributed by atoms with Crippen LogP contribution in [0, 0.1) is 0 Å². The van der Waals surface area contributed by atoms with Crippen molar-refractivity contribution in [3.8, 4) is 11.1 Å². The minimum Gasteiger partial charge on any atom is -0.481 e. The number of carboxylic acid groups (broad SMARTS) is 1. The van der Waals surface area contributed by atoms with Crippen molar-refractivity contribution < 1.29 is 24.2 Å². The van der Waals surface area contributed by atoms with Gasteiger partial charge in [-0.15, -0.1) is 0 Å². The van der Waals surface area contributed by atoms with Crippen molar-refractivity contribution in [1.82, 2.24) is 10.6 Å². The van der Waals surface area contributed by atoms with E-state index in [-0.39, 0.29) is 37.3 Å². The minimum atomic E-state index is -0.922. The Hall–Kier alpha value is -3.35. The maximum Gasteiger partial charge on any atom is 0.407 e. The summed E-state index contributed by atoms with van der Waals surface area (Å²) in [4.78, 5) is 36.1. The third-order valence-corrected chi connectivity index (χ3v) is 6.48. The number of hydrogen-bond acceptors (Lipinski definition) is 4. The molecule has 0 heterocycles. The molecule has 0 spiro atoms. The molecule has 2 amide bonds. The fourth-order valence-corrected chi connectivity index (χ4v) is 4.74. The number of carbonyl (C=O) groups excluding carboxylic acids is 2. The van der Waals surface area contributed by atoms with Gasteiger partial charge in [-0.2, -0.15) is 0 Å². The van der Waals surface area contributed by atoms with Crippen molar-refractivity contribution in [3.05, 3.63) is 59.7 Å². The van der Waals surface area contributed by atoms with Gasteiger partial charge in [0.2, 0.25) is 5.91 Å². The first-order chi connectivity index (χ1) is 15.9. The summed E-state index contributed by atoms with van der Waals surface area (Å²) in [7, 11) is 0. The zero-order valence-corrected chi connectivity index (χ0v) is 18.8. The van der Waals surface area contributed by atoms with E-state index in [0.717, 1.165) is 28.7 Å². The molecule has 1 unspecified atom stereocenters. The average Bonchev–Trinajstić information content (AvgIpc) is 3.43. The van der Waals surface area contributed by atoms with Crippen LogP contribution in [0.1, 0.15) is 62.5 Å². The van der Waals surface area contributed by atoms with Crippen molar-refractivity contribution >= 4 is 18.0 Å². The summed E-state index contributed by atoms with van der Waals surface area (Å²) in [6.45, 7) is 2.20. The molecule has 2 aliphatic carbocycles. The topological polar surface area (TPSA) is 105 Å². The van der Waals surface area contributed by atoms with Gasteiger partial charge in [-0.05, 0) is 41.5 Å². The molecule has 2 aromatic rings. The number of nitrogens with one attached hydrogen (secondary N) is 2. The van der Waals surface area contributed by atoms with Crippen molar-refractivity contribution in [2.75, 3.05) is 6.61 Å². The average molecular weight is 451 g/mol. The second kappa shape index (κ2) is 9.65. The molecule has 33 heavy (non-hydrogen) atoms. The van der Waals surface area contributed by atoms with Gasteiger partial charge in [0.1, 0.15) is 6.61 Å². The number of carbonyl (C=O) groups is 3. The van der Waals surface area contributed by atoms with E-state index in [1.807, 2.05) is 31.2 Å². The number of rotatable bonds is 10. The van der Waals surface area contributed by atoms with Gasteiger partial charge in [0.15, 0.2) is 0 Å². The van der Waals surface area contributed by atoms with Crippen molar-refractivity contribution in [1.29, 1.82) is 0 Å².